The monoisotopic (exact) mass is 383 g/mol. The third-order valence-electron chi connectivity index (χ3n) is 3.99. The summed E-state index contributed by atoms with van der Waals surface area (Å²) >= 11 is 0. The number of ether oxygens (including phenoxy) is 1. The van der Waals surface area contributed by atoms with Gasteiger partial charge in [0.1, 0.15) is 11.9 Å². The lowest BCUT2D eigenvalue weighted by atomic mass is 9.88. The van der Waals surface area contributed by atoms with E-state index >= 15 is 0 Å². The number of benzene rings is 1. The SMILES string of the molecule is CC(C)(C)OC(=O)N1C(=O)C=C[C@@H]1[C@@H](CC=O)c1ccc(C(F)(F)F)cc1. The molecule has 0 saturated heterocycles. The number of hydrogen-bond donors (Lipinski definition) is 0. The average Bonchev–Trinajstić information content (AvgIpc) is 2.92. The summed E-state index contributed by atoms with van der Waals surface area (Å²) in [4.78, 5) is 36.6. The predicted octanol–water partition coefficient (Wildman–Crippen LogP) is 4.08. The highest BCUT2D eigenvalue weighted by molar-refractivity contribution is 6.01. The second-order valence-electron chi connectivity index (χ2n) is 7.17. The summed E-state index contributed by atoms with van der Waals surface area (Å²) in [6.07, 6.45) is -2.18. The van der Waals surface area contributed by atoms with Gasteiger partial charge in [-0.1, -0.05) is 18.2 Å². The van der Waals surface area contributed by atoms with E-state index in [4.69, 9.17) is 4.74 Å². The van der Waals surface area contributed by atoms with Gasteiger partial charge in [0.05, 0.1) is 11.6 Å². The molecule has 1 aliphatic heterocycles. The van der Waals surface area contributed by atoms with Crippen molar-refractivity contribution in [3.8, 4) is 0 Å². The zero-order valence-corrected chi connectivity index (χ0v) is 15.1. The maximum atomic E-state index is 12.8. The molecule has 2 amide bonds. The Kier molecular flexibility index (Phi) is 5.77. The van der Waals surface area contributed by atoms with Crippen LogP contribution in [0.3, 0.4) is 0 Å². The number of alkyl halides is 3. The minimum absolute atomic E-state index is 0.0764. The van der Waals surface area contributed by atoms with Crippen LogP contribution in [0.1, 0.15) is 44.2 Å². The van der Waals surface area contributed by atoms with Crippen LogP contribution in [-0.4, -0.2) is 34.8 Å². The number of carbonyl (C=O) groups is 3. The molecule has 0 spiro atoms. The second kappa shape index (κ2) is 7.54. The number of aldehydes is 1. The first-order valence-corrected chi connectivity index (χ1v) is 8.29. The number of amides is 2. The first-order chi connectivity index (χ1) is 12.4. The molecular weight excluding hydrogens is 363 g/mol. The summed E-state index contributed by atoms with van der Waals surface area (Å²) in [5, 5.41) is 0. The zero-order chi connectivity index (χ0) is 20.4. The Morgan fingerprint density at radius 3 is 2.30 bits per heavy atom. The van der Waals surface area contributed by atoms with Crippen LogP contribution in [0.25, 0.3) is 0 Å². The molecule has 1 aromatic carbocycles. The number of rotatable bonds is 4. The molecule has 0 unspecified atom stereocenters. The van der Waals surface area contributed by atoms with E-state index < -0.39 is 41.3 Å². The van der Waals surface area contributed by atoms with E-state index in [-0.39, 0.29) is 6.42 Å². The Bertz CT molecular complexity index is 748. The van der Waals surface area contributed by atoms with Gasteiger partial charge in [0, 0.05) is 18.4 Å². The van der Waals surface area contributed by atoms with Gasteiger partial charge in [-0.25, -0.2) is 9.69 Å². The Morgan fingerprint density at radius 1 is 1.22 bits per heavy atom. The lowest BCUT2D eigenvalue weighted by Gasteiger charge is -2.31. The van der Waals surface area contributed by atoms with Gasteiger partial charge in [0.2, 0.25) is 0 Å². The molecule has 5 nitrogen and oxygen atoms in total. The summed E-state index contributed by atoms with van der Waals surface area (Å²) < 4.78 is 43.5. The molecule has 1 heterocycles. The van der Waals surface area contributed by atoms with Crippen LogP contribution in [-0.2, 0) is 20.5 Å². The van der Waals surface area contributed by atoms with E-state index in [0.29, 0.717) is 11.8 Å². The van der Waals surface area contributed by atoms with Crippen LogP contribution in [0.4, 0.5) is 18.0 Å². The third-order valence-corrected chi connectivity index (χ3v) is 3.99. The van der Waals surface area contributed by atoms with Gasteiger partial charge >= 0.3 is 12.3 Å². The second-order valence-corrected chi connectivity index (χ2v) is 7.17. The van der Waals surface area contributed by atoms with Gasteiger partial charge in [-0.05, 0) is 38.5 Å². The minimum Gasteiger partial charge on any atom is -0.443 e. The number of halogens is 3. The maximum Gasteiger partial charge on any atom is 0.417 e. The van der Waals surface area contributed by atoms with E-state index in [2.05, 4.69) is 0 Å². The molecule has 0 saturated carbocycles. The van der Waals surface area contributed by atoms with Crippen LogP contribution in [0.15, 0.2) is 36.4 Å². The normalized spacial score (nSPS) is 18.5. The molecule has 0 N–H and O–H groups in total. The van der Waals surface area contributed by atoms with Crippen molar-refractivity contribution in [2.75, 3.05) is 0 Å². The van der Waals surface area contributed by atoms with Gasteiger partial charge < -0.3 is 9.53 Å². The Hall–Kier alpha value is -2.64. The highest BCUT2D eigenvalue weighted by atomic mass is 19.4. The van der Waals surface area contributed by atoms with Crippen molar-refractivity contribution in [3.63, 3.8) is 0 Å². The Balaban J connectivity index is 2.34. The van der Waals surface area contributed by atoms with Crippen molar-refractivity contribution in [3.05, 3.63) is 47.5 Å². The van der Waals surface area contributed by atoms with E-state index in [0.717, 1.165) is 17.0 Å². The molecule has 0 aliphatic carbocycles. The number of imide groups is 1. The van der Waals surface area contributed by atoms with Crippen molar-refractivity contribution in [1.29, 1.82) is 0 Å². The topological polar surface area (TPSA) is 63.7 Å². The third kappa shape index (κ3) is 4.96. The molecule has 0 aromatic heterocycles. The van der Waals surface area contributed by atoms with Crippen LogP contribution in [0.2, 0.25) is 0 Å². The van der Waals surface area contributed by atoms with Crippen LogP contribution < -0.4 is 0 Å². The fourth-order valence-corrected chi connectivity index (χ4v) is 2.83. The molecule has 2 atom stereocenters. The first kappa shape index (κ1) is 20.7. The highest BCUT2D eigenvalue weighted by Crippen LogP contribution is 2.34. The summed E-state index contributed by atoms with van der Waals surface area (Å²) in [5.74, 6) is -1.28. The van der Waals surface area contributed by atoms with E-state index in [1.54, 1.807) is 20.8 Å². The minimum atomic E-state index is -4.48. The van der Waals surface area contributed by atoms with Crippen molar-refractivity contribution in [2.24, 2.45) is 0 Å². The van der Waals surface area contributed by atoms with Gasteiger partial charge in [0.25, 0.3) is 5.91 Å². The zero-order valence-electron chi connectivity index (χ0n) is 15.1. The number of nitrogens with zero attached hydrogens (tertiary/aromatic N) is 1. The average molecular weight is 383 g/mol. The summed E-state index contributed by atoms with van der Waals surface area (Å²) in [7, 11) is 0. The quantitative estimate of drug-likeness (QED) is 0.735. The van der Waals surface area contributed by atoms with Crippen LogP contribution >= 0.6 is 0 Å². The van der Waals surface area contributed by atoms with Crippen molar-refractivity contribution < 1.29 is 32.3 Å². The lowest BCUT2D eigenvalue weighted by Crippen LogP contribution is -2.45. The highest BCUT2D eigenvalue weighted by Gasteiger charge is 2.40. The van der Waals surface area contributed by atoms with Gasteiger partial charge in [-0.15, -0.1) is 0 Å². The molecule has 0 bridgehead atoms. The van der Waals surface area contributed by atoms with Gasteiger partial charge in [0.15, 0.2) is 0 Å². The van der Waals surface area contributed by atoms with Gasteiger partial charge in [-0.2, -0.15) is 13.2 Å². The van der Waals surface area contributed by atoms with E-state index in [1.165, 1.54) is 24.3 Å². The Labute approximate surface area is 154 Å². The van der Waals surface area contributed by atoms with Gasteiger partial charge in [-0.3, -0.25) is 4.79 Å². The maximum absolute atomic E-state index is 12.8. The fraction of sp³-hybridized carbons (Fsp3) is 0.421. The molecule has 0 fully saturated rings. The smallest absolute Gasteiger partial charge is 0.417 e. The largest absolute Gasteiger partial charge is 0.443 e. The molecular formula is C19H20F3NO4. The molecule has 0 radical (unpaired) electrons. The molecule has 1 aliphatic rings. The van der Waals surface area contributed by atoms with E-state index in [9.17, 15) is 27.6 Å². The summed E-state index contributed by atoms with van der Waals surface area (Å²) in [6, 6.07) is 3.49. The van der Waals surface area contributed by atoms with Crippen molar-refractivity contribution in [2.45, 2.75) is 50.9 Å². The van der Waals surface area contributed by atoms with Crippen molar-refractivity contribution in [1.82, 2.24) is 4.90 Å². The van der Waals surface area contributed by atoms with Crippen LogP contribution in [0.5, 0.6) is 0 Å². The summed E-state index contributed by atoms with van der Waals surface area (Å²) in [5.41, 5.74) is -1.25. The summed E-state index contributed by atoms with van der Waals surface area (Å²) in [6.45, 7) is 4.94. The first-order valence-electron chi connectivity index (χ1n) is 8.29. The number of hydrogen-bond acceptors (Lipinski definition) is 4. The Morgan fingerprint density at radius 2 is 1.81 bits per heavy atom. The van der Waals surface area contributed by atoms with Crippen LogP contribution in [0, 0.1) is 0 Å². The van der Waals surface area contributed by atoms with E-state index in [1.807, 2.05) is 0 Å². The molecule has 27 heavy (non-hydrogen) atoms. The lowest BCUT2D eigenvalue weighted by molar-refractivity contribution is -0.137. The molecule has 2 rings (SSSR count). The predicted molar refractivity (Wildman–Crippen MR) is 90.9 cm³/mol. The fourth-order valence-electron chi connectivity index (χ4n) is 2.83. The standard InChI is InChI=1S/C19H20F3NO4/c1-18(2,3)27-17(26)23-15(8-9-16(23)25)14(10-11-24)12-4-6-13(7-5-12)19(20,21)22/h4-9,11,14-15H,10H2,1-3H3/t14-,15+/m0/s1. The number of carbonyl (C=O) groups excluding carboxylic acids is 3. The molecule has 146 valence electrons. The van der Waals surface area contributed by atoms with Crippen molar-refractivity contribution >= 4 is 18.3 Å². The molecule has 1 aromatic rings. The molecule has 8 heteroatoms.